The number of aryl methyl sites for hydroxylation is 1. The Labute approximate surface area is 207 Å². The van der Waals surface area contributed by atoms with Crippen LogP contribution in [0, 0.1) is 0 Å². The summed E-state index contributed by atoms with van der Waals surface area (Å²) < 4.78 is 9.80. The van der Waals surface area contributed by atoms with Crippen LogP contribution in [0.5, 0.6) is 0 Å². The van der Waals surface area contributed by atoms with Crippen molar-refractivity contribution in [1.82, 2.24) is 24.3 Å². The minimum Gasteiger partial charge on any atom is -0.361 e. The van der Waals surface area contributed by atoms with Crippen molar-refractivity contribution in [2.24, 2.45) is 7.05 Å². The maximum atomic E-state index is 12.7. The van der Waals surface area contributed by atoms with Crippen LogP contribution in [0.1, 0.15) is 35.9 Å². The normalized spacial score (nSPS) is 12.0. The van der Waals surface area contributed by atoms with Crippen LogP contribution >= 0.6 is 0 Å². The van der Waals surface area contributed by atoms with Crippen molar-refractivity contribution in [1.29, 1.82) is 0 Å². The number of anilines is 1. The van der Waals surface area contributed by atoms with Gasteiger partial charge in [-0.2, -0.15) is 5.10 Å². The molecule has 3 aromatic heterocycles. The number of ether oxygens (including phenoxy) is 1. The Morgan fingerprint density at radius 2 is 1.91 bits per heavy atom. The smallest absolute Gasteiger partial charge is 0.294 e. The molecule has 0 saturated carbocycles. The van der Waals surface area contributed by atoms with Crippen LogP contribution in [0.15, 0.2) is 48.9 Å². The molecular weight excluding hydrogens is 456 g/mol. The third kappa shape index (κ3) is 5.68. The quantitative estimate of drug-likeness (QED) is 0.247. The van der Waals surface area contributed by atoms with E-state index in [2.05, 4.69) is 88.8 Å². The first-order valence-electron chi connectivity index (χ1n) is 12.0. The molecule has 4 aromatic rings. The number of aromatic nitrogens is 5. The number of benzene rings is 1. The van der Waals surface area contributed by atoms with Gasteiger partial charge in [0.15, 0.2) is 0 Å². The second-order valence-electron chi connectivity index (χ2n) is 10.3. The second kappa shape index (κ2) is 10.1. The monoisotopic (exact) mass is 490 g/mol. The van der Waals surface area contributed by atoms with Crippen LogP contribution in [0.3, 0.4) is 0 Å². The zero-order valence-corrected chi connectivity index (χ0v) is 22.4. The first-order chi connectivity index (χ1) is 16.6. The molecule has 9 heteroatoms. The lowest BCUT2D eigenvalue weighted by Gasteiger charge is -2.18. The predicted molar refractivity (Wildman–Crippen MR) is 142 cm³/mol. The Morgan fingerprint density at radius 1 is 1.14 bits per heavy atom. The van der Waals surface area contributed by atoms with Gasteiger partial charge in [-0.3, -0.25) is 4.79 Å². The van der Waals surface area contributed by atoms with Crippen LogP contribution in [0.4, 0.5) is 5.82 Å². The van der Waals surface area contributed by atoms with Crippen LogP contribution in [-0.4, -0.2) is 44.9 Å². The lowest BCUT2D eigenvalue weighted by atomic mass is 9.95. The predicted octanol–water partition coefficient (Wildman–Crippen LogP) is 5.52. The number of fused-ring (bicyclic) bond motifs is 1. The molecule has 0 saturated heterocycles. The van der Waals surface area contributed by atoms with Crippen molar-refractivity contribution in [2.45, 2.75) is 52.2 Å². The second-order valence-corrected chi connectivity index (χ2v) is 16.0. The molecule has 4 rings (SSSR count). The SMILES string of the molecule is CC(C)c1ccccc1-c1cc2cnc(NC(=O)c3ncnn3C)cc2n1COCC[Si](C)(C)C. The molecule has 0 fully saturated rings. The van der Waals surface area contributed by atoms with E-state index in [1.54, 1.807) is 13.2 Å². The van der Waals surface area contributed by atoms with E-state index in [1.807, 2.05) is 6.07 Å². The molecule has 0 aliphatic heterocycles. The third-order valence-electron chi connectivity index (χ3n) is 6.02. The van der Waals surface area contributed by atoms with Gasteiger partial charge in [0.1, 0.15) is 18.9 Å². The minimum atomic E-state index is -1.20. The summed E-state index contributed by atoms with van der Waals surface area (Å²) in [5.74, 6) is 0.704. The number of carbonyl (C=O) groups excluding carboxylic acids is 1. The fourth-order valence-corrected chi connectivity index (χ4v) is 4.78. The molecule has 0 unspecified atom stereocenters. The summed E-state index contributed by atoms with van der Waals surface area (Å²) in [5, 5.41) is 7.81. The van der Waals surface area contributed by atoms with E-state index in [0.717, 1.165) is 29.2 Å². The number of pyridine rings is 1. The highest BCUT2D eigenvalue weighted by Crippen LogP contribution is 2.34. The molecule has 0 radical (unpaired) electrons. The van der Waals surface area contributed by atoms with Crippen LogP contribution in [-0.2, 0) is 18.5 Å². The zero-order valence-electron chi connectivity index (χ0n) is 21.4. The number of carbonyl (C=O) groups is 1. The highest BCUT2D eigenvalue weighted by molar-refractivity contribution is 6.76. The standard InChI is InChI=1S/C26H34N6O2Si/c1-18(2)20-9-7-8-10-21(20)23-13-19-15-27-24(30-26(33)25-28-16-29-31(25)3)14-22(19)32(23)17-34-11-12-35(4,5)6/h7-10,13-16,18H,11-12,17H2,1-6H3,(H,27,30,33). The maximum Gasteiger partial charge on any atom is 0.294 e. The fourth-order valence-electron chi connectivity index (χ4n) is 4.03. The molecule has 0 aliphatic carbocycles. The molecule has 1 N–H and O–H groups in total. The van der Waals surface area contributed by atoms with Crippen molar-refractivity contribution in [3.05, 3.63) is 60.3 Å². The van der Waals surface area contributed by atoms with Gasteiger partial charge in [-0.1, -0.05) is 57.8 Å². The number of amides is 1. The Kier molecular flexibility index (Phi) is 7.18. The van der Waals surface area contributed by atoms with Gasteiger partial charge in [0, 0.05) is 44.9 Å². The van der Waals surface area contributed by atoms with E-state index in [9.17, 15) is 4.79 Å². The summed E-state index contributed by atoms with van der Waals surface area (Å²) in [6.07, 6.45) is 3.15. The largest absolute Gasteiger partial charge is 0.361 e. The molecule has 35 heavy (non-hydrogen) atoms. The van der Waals surface area contributed by atoms with Crippen LogP contribution in [0.25, 0.3) is 22.2 Å². The van der Waals surface area contributed by atoms with Gasteiger partial charge in [-0.05, 0) is 23.6 Å². The van der Waals surface area contributed by atoms with Crippen LogP contribution in [0.2, 0.25) is 25.7 Å². The van der Waals surface area contributed by atoms with E-state index in [4.69, 9.17) is 4.74 Å². The first kappa shape index (κ1) is 24.8. The number of nitrogens with one attached hydrogen (secondary N) is 1. The molecule has 0 spiro atoms. The average Bonchev–Trinajstić information content (AvgIpc) is 3.39. The van der Waals surface area contributed by atoms with E-state index >= 15 is 0 Å². The molecular formula is C26H34N6O2Si. The van der Waals surface area contributed by atoms with E-state index in [1.165, 1.54) is 22.1 Å². The Balaban J connectivity index is 1.72. The lowest BCUT2D eigenvalue weighted by Crippen LogP contribution is -2.22. The first-order valence-corrected chi connectivity index (χ1v) is 15.7. The zero-order chi connectivity index (χ0) is 25.2. The Bertz CT molecular complexity index is 1340. The van der Waals surface area contributed by atoms with Gasteiger partial charge in [-0.15, -0.1) is 0 Å². The number of hydrogen-bond donors (Lipinski definition) is 1. The van der Waals surface area contributed by atoms with E-state index in [-0.39, 0.29) is 11.7 Å². The summed E-state index contributed by atoms with van der Waals surface area (Å²) in [4.78, 5) is 21.2. The van der Waals surface area contributed by atoms with Crippen molar-refractivity contribution < 1.29 is 9.53 Å². The highest BCUT2D eigenvalue weighted by Gasteiger charge is 2.18. The van der Waals surface area contributed by atoms with Crippen molar-refractivity contribution in [3.8, 4) is 11.3 Å². The summed E-state index contributed by atoms with van der Waals surface area (Å²) in [6.45, 7) is 12.6. The number of rotatable bonds is 9. The van der Waals surface area contributed by atoms with Crippen molar-refractivity contribution in [2.75, 3.05) is 11.9 Å². The van der Waals surface area contributed by atoms with Gasteiger partial charge in [0.05, 0.1) is 11.2 Å². The Morgan fingerprint density at radius 3 is 2.60 bits per heavy atom. The van der Waals surface area contributed by atoms with Crippen molar-refractivity contribution >= 4 is 30.7 Å². The topological polar surface area (TPSA) is 86.9 Å². The summed E-state index contributed by atoms with van der Waals surface area (Å²) >= 11 is 0. The van der Waals surface area contributed by atoms with E-state index < -0.39 is 8.07 Å². The van der Waals surface area contributed by atoms with E-state index in [0.29, 0.717) is 18.5 Å². The number of nitrogens with zero attached hydrogens (tertiary/aromatic N) is 5. The highest BCUT2D eigenvalue weighted by atomic mass is 28.3. The summed E-state index contributed by atoms with van der Waals surface area (Å²) in [5.41, 5.74) is 4.49. The molecule has 0 atom stereocenters. The number of hydrogen-bond acceptors (Lipinski definition) is 5. The minimum absolute atomic E-state index is 0.225. The van der Waals surface area contributed by atoms with Gasteiger partial charge < -0.3 is 14.6 Å². The molecule has 8 nitrogen and oxygen atoms in total. The van der Waals surface area contributed by atoms with Gasteiger partial charge in [0.25, 0.3) is 5.91 Å². The van der Waals surface area contributed by atoms with Gasteiger partial charge in [0.2, 0.25) is 5.82 Å². The molecule has 0 aliphatic rings. The maximum absolute atomic E-state index is 12.7. The summed E-state index contributed by atoms with van der Waals surface area (Å²) in [6, 6.07) is 13.6. The fraction of sp³-hybridized carbons (Fsp3) is 0.385. The lowest BCUT2D eigenvalue weighted by molar-refractivity contribution is 0.0912. The molecule has 0 bridgehead atoms. The molecule has 1 amide bonds. The Hall–Kier alpha value is -3.30. The van der Waals surface area contributed by atoms with Gasteiger partial charge in [-0.25, -0.2) is 14.6 Å². The summed E-state index contributed by atoms with van der Waals surface area (Å²) in [7, 11) is 0.483. The molecule has 1 aromatic carbocycles. The van der Waals surface area contributed by atoms with Crippen molar-refractivity contribution in [3.63, 3.8) is 0 Å². The van der Waals surface area contributed by atoms with Crippen LogP contribution < -0.4 is 5.32 Å². The third-order valence-corrected chi connectivity index (χ3v) is 7.72. The van der Waals surface area contributed by atoms with Gasteiger partial charge >= 0.3 is 0 Å². The average molecular weight is 491 g/mol. The molecule has 3 heterocycles. The molecule has 184 valence electrons.